The molecule has 4 rings (SSSR count). The number of alkyl carbamates (subject to hydrolysis) is 1. The topological polar surface area (TPSA) is 217 Å². The predicted molar refractivity (Wildman–Crippen MR) is 231 cm³/mol. The third-order valence-corrected chi connectivity index (χ3v) is 8.97. The highest BCUT2D eigenvalue weighted by Crippen LogP contribution is 2.16. The van der Waals surface area contributed by atoms with Crippen molar-refractivity contribution in [2.45, 2.75) is 96.7 Å². The van der Waals surface area contributed by atoms with Crippen molar-refractivity contribution in [3.8, 4) is 5.75 Å². The van der Waals surface area contributed by atoms with Crippen molar-refractivity contribution in [3.63, 3.8) is 0 Å². The summed E-state index contributed by atoms with van der Waals surface area (Å²) in [7, 11) is 0. The summed E-state index contributed by atoms with van der Waals surface area (Å²) in [6, 6.07) is 24.0. The number of aromatic nitrogens is 1. The summed E-state index contributed by atoms with van der Waals surface area (Å²) in [6.45, 7) is 9.24. The van der Waals surface area contributed by atoms with Crippen LogP contribution < -0.4 is 25.5 Å². The molecule has 330 valence electrons. The van der Waals surface area contributed by atoms with Crippen LogP contribution in [-0.2, 0) is 62.3 Å². The monoisotopic (exact) mass is 871 g/mol. The van der Waals surface area contributed by atoms with Gasteiger partial charge in [-0.3, -0.25) is 29.0 Å². The Bertz CT molecular complexity index is 2220. The first kappa shape index (κ1) is 48.1. The number of fused-ring (bicyclic) bond motifs is 1. The number of rotatable bonds is 19. The first-order valence-electron chi connectivity index (χ1n) is 19.8. The summed E-state index contributed by atoms with van der Waals surface area (Å²) in [6.07, 6.45) is -0.805. The van der Waals surface area contributed by atoms with E-state index in [2.05, 4.69) is 26.3 Å². The smallest absolute Gasteiger partial charge is 0.408 e. The second kappa shape index (κ2) is 22.8. The first-order valence-corrected chi connectivity index (χ1v) is 20.9. The SMILES string of the molecule is CC(C)(C)OC(=O)CC(/C=C/S(=O)Oc1ccccc1)NC(=O)CNC(=O)C(Cc1ccc2ccccc2n1)NC(=O)[C@H](CC(=O)OC(C)(C)C)NC(=O)OCc1ccccc1. The molecule has 0 aliphatic carbocycles. The summed E-state index contributed by atoms with van der Waals surface area (Å²) in [5, 5.41) is 12.1. The predicted octanol–water partition coefficient (Wildman–Crippen LogP) is 4.88. The van der Waals surface area contributed by atoms with Gasteiger partial charge in [-0.1, -0.05) is 72.8 Å². The molecule has 4 atom stereocenters. The van der Waals surface area contributed by atoms with Gasteiger partial charge in [0.1, 0.15) is 35.6 Å². The Morgan fingerprint density at radius 2 is 1.31 bits per heavy atom. The normalized spacial score (nSPS) is 13.5. The first-order chi connectivity index (χ1) is 29.3. The minimum absolute atomic E-state index is 0.123. The Hall–Kier alpha value is -6.62. The Labute approximate surface area is 363 Å². The van der Waals surface area contributed by atoms with Crippen LogP contribution >= 0.6 is 0 Å². The molecule has 1 heterocycles. The molecule has 3 unspecified atom stereocenters. The van der Waals surface area contributed by atoms with E-state index in [0.717, 1.165) is 5.39 Å². The quantitative estimate of drug-likeness (QED) is 0.0733. The molecule has 3 aromatic carbocycles. The third kappa shape index (κ3) is 17.9. The van der Waals surface area contributed by atoms with Crippen molar-refractivity contribution in [1.82, 2.24) is 26.3 Å². The highest BCUT2D eigenvalue weighted by molar-refractivity contribution is 7.83. The molecular formula is C45H53N5O11S. The van der Waals surface area contributed by atoms with Crippen LogP contribution in [0, 0.1) is 0 Å². The molecule has 1 aromatic heterocycles. The van der Waals surface area contributed by atoms with Crippen molar-refractivity contribution in [2.75, 3.05) is 6.54 Å². The number of carbonyl (C=O) groups excluding carboxylic acids is 6. The molecule has 0 radical (unpaired) electrons. The van der Waals surface area contributed by atoms with Crippen molar-refractivity contribution in [2.24, 2.45) is 0 Å². The number of ether oxygens (including phenoxy) is 3. The molecule has 4 aromatic rings. The van der Waals surface area contributed by atoms with Gasteiger partial charge in [-0.25, -0.2) is 9.00 Å². The summed E-state index contributed by atoms with van der Waals surface area (Å²) in [5.41, 5.74) is -0.0313. The van der Waals surface area contributed by atoms with E-state index in [-0.39, 0.29) is 19.4 Å². The van der Waals surface area contributed by atoms with E-state index >= 15 is 0 Å². The van der Waals surface area contributed by atoms with Crippen LogP contribution in [0.1, 0.15) is 65.6 Å². The number of nitrogens with zero attached hydrogens (tertiary/aromatic N) is 1. The molecule has 0 fully saturated rings. The lowest BCUT2D eigenvalue weighted by atomic mass is 10.1. The van der Waals surface area contributed by atoms with Crippen LogP contribution in [0.5, 0.6) is 5.75 Å². The summed E-state index contributed by atoms with van der Waals surface area (Å²) in [5.74, 6) is -3.61. The lowest BCUT2D eigenvalue weighted by Gasteiger charge is -2.25. The largest absolute Gasteiger partial charge is 0.460 e. The van der Waals surface area contributed by atoms with E-state index in [1.54, 1.807) is 126 Å². The van der Waals surface area contributed by atoms with Gasteiger partial charge in [-0.05, 0) is 77.4 Å². The van der Waals surface area contributed by atoms with Gasteiger partial charge in [0.25, 0.3) is 0 Å². The van der Waals surface area contributed by atoms with Crippen LogP contribution in [0.2, 0.25) is 0 Å². The molecule has 0 aliphatic rings. The van der Waals surface area contributed by atoms with E-state index in [0.29, 0.717) is 22.5 Å². The molecule has 16 nitrogen and oxygen atoms in total. The van der Waals surface area contributed by atoms with Crippen LogP contribution in [0.3, 0.4) is 0 Å². The van der Waals surface area contributed by atoms with Gasteiger partial charge in [0, 0.05) is 22.9 Å². The zero-order valence-electron chi connectivity index (χ0n) is 35.5. The summed E-state index contributed by atoms with van der Waals surface area (Å²) >= 11 is -1.98. The number of para-hydroxylation sites is 2. The number of esters is 2. The van der Waals surface area contributed by atoms with Crippen LogP contribution in [0.15, 0.2) is 109 Å². The molecule has 0 bridgehead atoms. The second-order valence-corrected chi connectivity index (χ2v) is 16.9. The Morgan fingerprint density at radius 3 is 1.97 bits per heavy atom. The van der Waals surface area contributed by atoms with E-state index in [4.69, 9.17) is 18.4 Å². The average molecular weight is 872 g/mol. The lowest BCUT2D eigenvalue weighted by Crippen LogP contribution is -2.56. The van der Waals surface area contributed by atoms with Crippen molar-refractivity contribution >= 4 is 57.7 Å². The van der Waals surface area contributed by atoms with Gasteiger partial charge in [-0.2, -0.15) is 0 Å². The summed E-state index contributed by atoms with van der Waals surface area (Å²) in [4.78, 5) is 84.4. The van der Waals surface area contributed by atoms with Gasteiger partial charge >= 0.3 is 18.0 Å². The van der Waals surface area contributed by atoms with Gasteiger partial charge < -0.3 is 39.7 Å². The molecule has 0 spiro atoms. The molecular weight excluding hydrogens is 819 g/mol. The van der Waals surface area contributed by atoms with Crippen LogP contribution in [0.4, 0.5) is 4.79 Å². The van der Waals surface area contributed by atoms with Gasteiger partial charge in [0.05, 0.1) is 30.9 Å². The molecule has 62 heavy (non-hydrogen) atoms. The fraction of sp³-hybridized carbons (Fsp3) is 0.356. The Kier molecular flexibility index (Phi) is 17.7. The fourth-order valence-corrected chi connectivity index (χ4v) is 6.29. The molecule has 17 heteroatoms. The standard InChI is InChI=1S/C45H53N5O11S/c1-44(2,3)59-39(52)26-33(23-24-62(57)61-34-18-11-8-12-19-34)48-38(51)28-46-41(54)36(25-32-22-21-31-17-13-14-20-35(31)47-32)49-42(55)37(27-40(53)60-45(4,5)6)50-43(56)58-29-30-15-9-7-10-16-30/h7-24,33,36-37H,25-29H2,1-6H3,(H,46,54)(H,48,51)(H,49,55)(H,50,56)/b24-23+/t33?,36?,37-,62?/m0/s1. The average Bonchev–Trinajstić information content (AvgIpc) is 3.20. The maximum absolute atomic E-state index is 13.9. The van der Waals surface area contributed by atoms with Gasteiger partial charge in [-0.15, -0.1) is 0 Å². The minimum atomic E-state index is -1.98. The lowest BCUT2D eigenvalue weighted by molar-refractivity contribution is -0.157. The number of hydrogen-bond acceptors (Lipinski definition) is 12. The number of pyridine rings is 1. The molecule has 4 N–H and O–H groups in total. The minimum Gasteiger partial charge on any atom is -0.460 e. The van der Waals surface area contributed by atoms with Crippen molar-refractivity contribution < 1.29 is 51.4 Å². The van der Waals surface area contributed by atoms with Crippen molar-refractivity contribution in [1.29, 1.82) is 0 Å². The maximum Gasteiger partial charge on any atom is 0.408 e. The molecule has 0 aliphatic heterocycles. The number of nitrogens with one attached hydrogen (secondary N) is 4. The number of benzene rings is 3. The Morgan fingerprint density at radius 1 is 0.694 bits per heavy atom. The highest BCUT2D eigenvalue weighted by Gasteiger charge is 2.32. The Balaban J connectivity index is 1.52. The number of amides is 4. The fourth-order valence-electron chi connectivity index (χ4n) is 5.61. The zero-order chi connectivity index (χ0) is 45.3. The second-order valence-electron chi connectivity index (χ2n) is 16.0. The van der Waals surface area contributed by atoms with E-state index in [9.17, 15) is 33.0 Å². The maximum atomic E-state index is 13.9. The molecule has 0 saturated heterocycles. The van der Waals surface area contributed by atoms with Gasteiger partial charge in [0.2, 0.25) is 28.8 Å². The van der Waals surface area contributed by atoms with Crippen LogP contribution in [-0.4, -0.2) is 80.8 Å². The zero-order valence-corrected chi connectivity index (χ0v) is 36.3. The number of hydrogen-bond donors (Lipinski definition) is 4. The van der Waals surface area contributed by atoms with E-state index in [1.165, 1.54) is 11.5 Å². The van der Waals surface area contributed by atoms with E-state index < -0.39 is 89.1 Å². The van der Waals surface area contributed by atoms with Crippen LogP contribution in [0.25, 0.3) is 10.9 Å². The summed E-state index contributed by atoms with van der Waals surface area (Å²) < 4.78 is 34.2. The molecule has 0 saturated carbocycles. The van der Waals surface area contributed by atoms with Gasteiger partial charge in [0.15, 0.2) is 0 Å². The van der Waals surface area contributed by atoms with Crippen molar-refractivity contribution in [3.05, 3.63) is 120 Å². The number of carbonyl (C=O) groups is 6. The molecule has 4 amide bonds. The third-order valence-electron chi connectivity index (χ3n) is 8.23. The van der Waals surface area contributed by atoms with E-state index in [1.807, 2.05) is 12.1 Å². The highest BCUT2D eigenvalue weighted by atomic mass is 32.2.